The molecule has 1 aromatic rings. The van der Waals surface area contributed by atoms with Crippen LogP contribution in [0, 0.1) is 12.8 Å². The predicted molar refractivity (Wildman–Crippen MR) is 66.8 cm³/mol. The molecule has 86 valence electrons. The summed E-state index contributed by atoms with van der Waals surface area (Å²) in [7, 11) is 0. The van der Waals surface area contributed by atoms with E-state index in [0.29, 0.717) is 5.92 Å². The van der Waals surface area contributed by atoms with Crippen LogP contribution in [0.15, 0.2) is 18.3 Å². The third-order valence-corrected chi connectivity index (χ3v) is 3.94. The molecule has 1 fully saturated rings. The number of carbonyl (C=O) groups is 1. The molecule has 4 heteroatoms. The van der Waals surface area contributed by atoms with Gasteiger partial charge in [-0.2, -0.15) is 0 Å². The second-order valence-electron chi connectivity index (χ2n) is 4.20. The lowest BCUT2D eigenvalue weighted by atomic mass is 10.1. The van der Waals surface area contributed by atoms with E-state index in [9.17, 15) is 4.79 Å². The quantitative estimate of drug-likeness (QED) is 0.780. The Morgan fingerprint density at radius 1 is 1.69 bits per heavy atom. The Balaban J connectivity index is 2.12. The average molecular weight is 283 g/mol. The Morgan fingerprint density at radius 2 is 2.50 bits per heavy atom. The SMILES string of the molecule is Cc1ncccc1C(=O)N1CCC(CBr)C1. The number of amides is 1. The van der Waals surface area contributed by atoms with Crippen molar-refractivity contribution in [1.29, 1.82) is 0 Å². The summed E-state index contributed by atoms with van der Waals surface area (Å²) >= 11 is 3.47. The third-order valence-electron chi connectivity index (χ3n) is 3.03. The number of aromatic nitrogens is 1. The molecule has 0 bridgehead atoms. The first-order valence-electron chi connectivity index (χ1n) is 5.49. The minimum atomic E-state index is 0.119. The summed E-state index contributed by atoms with van der Waals surface area (Å²) in [5, 5.41) is 0.975. The number of nitrogens with zero attached hydrogens (tertiary/aromatic N) is 2. The van der Waals surface area contributed by atoms with E-state index in [2.05, 4.69) is 20.9 Å². The van der Waals surface area contributed by atoms with Gasteiger partial charge in [0.2, 0.25) is 0 Å². The van der Waals surface area contributed by atoms with E-state index in [1.54, 1.807) is 6.20 Å². The monoisotopic (exact) mass is 282 g/mol. The standard InChI is InChI=1S/C12H15BrN2O/c1-9-11(3-2-5-14-9)12(16)15-6-4-10(7-13)8-15/h2-3,5,10H,4,6-8H2,1H3. The maximum absolute atomic E-state index is 12.2. The number of alkyl halides is 1. The number of pyridine rings is 1. The Labute approximate surface area is 104 Å². The fraction of sp³-hybridized carbons (Fsp3) is 0.500. The van der Waals surface area contributed by atoms with Crippen LogP contribution in [0.1, 0.15) is 22.5 Å². The summed E-state index contributed by atoms with van der Waals surface area (Å²) in [6, 6.07) is 3.67. The van der Waals surface area contributed by atoms with Crippen molar-refractivity contribution < 1.29 is 4.79 Å². The van der Waals surface area contributed by atoms with Gasteiger partial charge in [-0.1, -0.05) is 15.9 Å². The second kappa shape index (κ2) is 4.95. The van der Waals surface area contributed by atoms with Gasteiger partial charge in [-0.3, -0.25) is 9.78 Å². The van der Waals surface area contributed by atoms with Gasteiger partial charge in [0.05, 0.1) is 5.56 Å². The smallest absolute Gasteiger partial charge is 0.255 e. The molecule has 2 rings (SSSR count). The number of rotatable bonds is 2. The Morgan fingerprint density at radius 3 is 3.12 bits per heavy atom. The van der Waals surface area contributed by atoms with E-state index in [-0.39, 0.29) is 5.91 Å². The number of hydrogen-bond donors (Lipinski definition) is 0. The summed E-state index contributed by atoms with van der Waals surface area (Å²) in [5.74, 6) is 0.718. The fourth-order valence-corrected chi connectivity index (χ4v) is 2.55. The van der Waals surface area contributed by atoms with Crippen molar-refractivity contribution in [3.8, 4) is 0 Å². The molecule has 1 saturated heterocycles. The van der Waals surface area contributed by atoms with Crippen molar-refractivity contribution in [2.45, 2.75) is 13.3 Å². The lowest BCUT2D eigenvalue weighted by Gasteiger charge is -2.16. The highest BCUT2D eigenvalue weighted by Crippen LogP contribution is 2.20. The van der Waals surface area contributed by atoms with E-state index in [1.807, 2.05) is 24.0 Å². The second-order valence-corrected chi connectivity index (χ2v) is 4.84. The van der Waals surface area contributed by atoms with Crippen molar-refractivity contribution in [1.82, 2.24) is 9.88 Å². The zero-order valence-electron chi connectivity index (χ0n) is 9.32. The van der Waals surface area contributed by atoms with Gasteiger partial charge in [0.1, 0.15) is 0 Å². The van der Waals surface area contributed by atoms with Crippen LogP contribution in [-0.2, 0) is 0 Å². The topological polar surface area (TPSA) is 33.2 Å². The van der Waals surface area contributed by atoms with Gasteiger partial charge in [0.25, 0.3) is 5.91 Å². The predicted octanol–water partition coefficient (Wildman–Crippen LogP) is 2.25. The highest BCUT2D eigenvalue weighted by molar-refractivity contribution is 9.09. The molecule has 1 aliphatic heterocycles. The van der Waals surface area contributed by atoms with Crippen LogP contribution in [0.4, 0.5) is 0 Å². The molecule has 1 aromatic heterocycles. The molecule has 2 heterocycles. The van der Waals surface area contributed by atoms with Gasteiger partial charge in [0.15, 0.2) is 0 Å². The molecule has 0 aromatic carbocycles. The molecule has 1 aliphatic rings. The first-order chi connectivity index (χ1) is 7.72. The van der Waals surface area contributed by atoms with Gasteiger partial charge in [-0.15, -0.1) is 0 Å². The van der Waals surface area contributed by atoms with Crippen molar-refractivity contribution >= 4 is 21.8 Å². The van der Waals surface area contributed by atoms with Gasteiger partial charge < -0.3 is 4.90 Å². The molecular weight excluding hydrogens is 268 g/mol. The lowest BCUT2D eigenvalue weighted by Crippen LogP contribution is -2.29. The molecule has 0 aliphatic carbocycles. The molecular formula is C12H15BrN2O. The van der Waals surface area contributed by atoms with Gasteiger partial charge in [0, 0.05) is 30.3 Å². The fourth-order valence-electron chi connectivity index (χ4n) is 2.02. The number of hydrogen-bond acceptors (Lipinski definition) is 2. The van der Waals surface area contributed by atoms with Gasteiger partial charge in [-0.05, 0) is 31.4 Å². The Bertz CT molecular complexity index is 394. The number of halogens is 1. The molecule has 1 atom stereocenters. The van der Waals surface area contributed by atoms with Crippen LogP contribution in [0.5, 0.6) is 0 Å². The molecule has 16 heavy (non-hydrogen) atoms. The largest absolute Gasteiger partial charge is 0.338 e. The van der Waals surface area contributed by atoms with Crippen LogP contribution >= 0.6 is 15.9 Å². The molecule has 1 unspecified atom stereocenters. The summed E-state index contributed by atoms with van der Waals surface area (Å²) < 4.78 is 0. The van der Waals surface area contributed by atoms with Gasteiger partial charge in [-0.25, -0.2) is 0 Å². The Hall–Kier alpha value is -0.900. The van der Waals surface area contributed by atoms with Crippen LogP contribution in [0.3, 0.4) is 0 Å². The zero-order chi connectivity index (χ0) is 11.5. The average Bonchev–Trinajstić information content (AvgIpc) is 2.77. The van der Waals surface area contributed by atoms with E-state index in [4.69, 9.17) is 0 Å². The third kappa shape index (κ3) is 2.26. The molecule has 0 N–H and O–H groups in total. The molecule has 0 spiro atoms. The molecule has 0 radical (unpaired) electrons. The summed E-state index contributed by atoms with van der Waals surface area (Å²) in [6.07, 6.45) is 2.81. The van der Waals surface area contributed by atoms with Crippen molar-refractivity contribution in [3.63, 3.8) is 0 Å². The van der Waals surface area contributed by atoms with E-state index >= 15 is 0 Å². The minimum Gasteiger partial charge on any atom is -0.338 e. The maximum atomic E-state index is 12.2. The molecule has 0 saturated carbocycles. The van der Waals surface area contributed by atoms with Crippen molar-refractivity contribution in [2.24, 2.45) is 5.92 Å². The molecule has 3 nitrogen and oxygen atoms in total. The van der Waals surface area contributed by atoms with E-state index in [1.165, 1.54) is 0 Å². The minimum absolute atomic E-state index is 0.119. The van der Waals surface area contributed by atoms with Crippen LogP contribution < -0.4 is 0 Å². The van der Waals surface area contributed by atoms with Crippen molar-refractivity contribution in [3.05, 3.63) is 29.6 Å². The summed E-state index contributed by atoms with van der Waals surface area (Å²) in [4.78, 5) is 18.3. The number of carbonyl (C=O) groups excluding carboxylic acids is 1. The maximum Gasteiger partial charge on any atom is 0.255 e. The normalized spacial score (nSPS) is 20.1. The van der Waals surface area contributed by atoms with Gasteiger partial charge >= 0.3 is 0 Å². The lowest BCUT2D eigenvalue weighted by molar-refractivity contribution is 0.0787. The first kappa shape index (κ1) is 11.6. The van der Waals surface area contributed by atoms with Crippen LogP contribution in [0.25, 0.3) is 0 Å². The molecule has 1 amide bonds. The van der Waals surface area contributed by atoms with Crippen molar-refractivity contribution in [2.75, 3.05) is 18.4 Å². The van der Waals surface area contributed by atoms with Crippen LogP contribution in [-0.4, -0.2) is 34.2 Å². The zero-order valence-corrected chi connectivity index (χ0v) is 10.9. The highest BCUT2D eigenvalue weighted by Gasteiger charge is 2.26. The first-order valence-corrected chi connectivity index (χ1v) is 6.61. The summed E-state index contributed by atoms with van der Waals surface area (Å²) in [5.41, 5.74) is 1.55. The van der Waals surface area contributed by atoms with E-state index in [0.717, 1.165) is 36.1 Å². The Kier molecular flexibility index (Phi) is 3.59. The number of likely N-dealkylation sites (tertiary alicyclic amines) is 1. The highest BCUT2D eigenvalue weighted by atomic mass is 79.9. The van der Waals surface area contributed by atoms with Crippen LogP contribution in [0.2, 0.25) is 0 Å². The summed E-state index contributed by atoms with van der Waals surface area (Å²) in [6.45, 7) is 3.60. The number of aryl methyl sites for hydroxylation is 1. The van der Waals surface area contributed by atoms with E-state index < -0.39 is 0 Å².